The molecule has 10 heteroatoms. The molecule has 2 aromatic heterocycles. The van der Waals surface area contributed by atoms with E-state index in [9.17, 15) is 4.79 Å². The molecule has 1 aromatic carbocycles. The second-order valence-corrected chi connectivity index (χ2v) is 8.54. The van der Waals surface area contributed by atoms with Crippen molar-refractivity contribution in [2.75, 3.05) is 11.2 Å². The van der Waals surface area contributed by atoms with Crippen molar-refractivity contribution in [1.82, 2.24) is 19.9 Å². The third kappa shape index (κ3) is 5.43. The summed E-state index contributed by atoms with van der Waals surface area (Å²) < 4.78 is 7.08. The molecule has 1 unspecified atom stereocenters. The molecule has 1 atom stereocenters. The Balaban J connectivity index is 1.57. The van der Waals surface area contributed by atoms with E-state index in [0.717, 1.165) is 5.75 Å². The summed E-state index contributed by atoms with van der Waals surface area (Å²) in [5.41, 5.74) is 1.69. The molecular weight excluding hydrogens is 424 g/mol. The molecule has 0 fully saturated rings. The number of aromatic nitrogens is 4. The lowest BCUT2D eigenvalue weighted by molar-refractivity contribution is -0.115. The number of nitrogen functional groups attached to an aromatic ring is 1. The third-order valence-electron chi connectivity index (χ3n) is 4.32. The predicted octanol–water partition coefficient (Wildman–Crippen LogP) is 3.86. The van der Waals surface area contributed by atoms with Crippen LogP contribution in [0.3, 0.4) is 0 Å². The van der Waals surface area contributed by atoms with Gasteiger partial charge in [0.1, 0.15) is 12.4 Å². The van der Waals surface area contributed by atoms with Crippen molar-refractivity contribution < 1.29 is 9.53 Å². The first kappa shape index (κ1) is 21.9. The Morgan fingerprint density at radius 2 is 1.97 bits per heavy atom. The van der Waals surface area contributed by atoms with E-state index in [1.807, 2.05) is 24.3 Å². The molecule has 0 bridgehead atoms. The fraction of sp³-hybridized carbons (Fsp3) is 0.300. The minimum Gasteiger partial charge on any atom is -0.486 e. The zero-order valence-corrected chi connectivity index (χ0v) is 18.4. The summed E-state index contributed by atoms with van der Waals surface area (Å²) in [4.78, 5) is 16.4. The lowest BCUT2D eigenvalue weighted by Crippen LogP contribution is -2.24. The van der Waals surface area contributed by atoms with Gasteiger partial charge in [-0.15, -0.1) is 10.2 Å². The normalized spacial score (nSPS) is 12.0. The lowest BCUT2D eigenvalue weighted by Gasteiger charge is -2.12. The number of carbonyl (C=O) groups is 1. The van der Waals surface area contributed by atoms with Crippen LogP contribution in [0.25, 0.3) is 0 Å². The highest BCUT2D eigenvalue weighted by Crippen LogP contribution is 2.24. The molecular formula is C20H23ClN6O2S. The summed E-state index contributed by atoms with van der Waals surface area (Å²) in [6.07, 6.45) is 1.55. The monoisotopic (exact) mass is 446 g/mol. The minimum absolute atomic E-state index is 0.164. The Labute approximate surface area is 184 Å². The first-order valence-electron chi connectivity index (χ1n) is 9.35. The summed E-state index contributed by atoms with van der Waals surface area (Å²) in [6.45, 7) is 6.18. The summed E-state index contributed by atoms with van der Waals surface area (Å²) >= 11 is 7.16. The summed E-state index contributed by atoms with van der Waals surface area (Å²) in [5, 5.41) is 11.0. The Kier molecular flexibility index (Phi) is 7.17. The van der Waals surface area contributed by atoms with E-state index >= 15 is 0 Å². The van der Waals surface area contributed by atoms with Gasteiger partial charge in [0.25, 0.3) is 0 Å². The number of hydrogen-bond donors (Lipinski definition) is 2. The number of nitrogens with two attached hydrogens (primary N) is 1. The van der Waals surface area contributed by atoms with Crippen LogP contribution in [0.4, 0.5) is 5.69 Å². The van der Waals surface area contributed by atoms with Crippen LogP contribution in [-0.2, 0) is 11.4 Å². The largest absolute Gasteiger partial charge is 0.486 e. The highest BCUT2D eigenvalue weighted by Gasteiger charge is 2.20. The molecule has 3 N–H and O–H groups in total. The maximum Gasteiger partial charge on any atom is 0.237 e. The Hall–Kier alpha value is -2.78. The van der Waals surface area contributed by atoms with Crippen LogP contribution in [-0.4, -0.2) is 31.0 Å². The molecule has 8 nitrogen and oxygen atoms in total. The second-order valence-electron chi connectivity index (χ2n) is 6.87. The standard InChI is InChI=1S/C20H23ClN6O2S/c1-12(2)14-6-8-15(9-7-14)29-11-17-25-26-20(27(17)22)30-13(3)19(28)24-16-5-4-10-23-18(16)21/h4-10,12-13H,11,22H2,1-3H3,(H,24,28). The van der Waals surface area contributed by atoms with Gasteiger partial charge < -0.3 is 15.9 Å². The fourth-order valence-electron chi connectivity index (χ4n) is 2.51. The van der Waals surface area contributed by atoms with Gasteiger partial charge in [-0.3, -0.25) is 4.79 Å². The highest BCUT2D eigenvalue weighted by atomic mass is 35.5. The average Bonchev–Trinajstić information content (AvgIpc) is 3.07. The molecule has 3 rings (SSSR count). The number of halogens is 1. The first-order chi connectivity index (χ1) is 14.3. The Morgan fingerprint density at radius 1 is 1.23 bits per heavy atom. The maximum absolute atomic E-state index is 12.4. The van der Waals surface area contributed by atoms with E-state index in [1.165, 1.54) is 22.0 Å². The Morgan fingerprint density at radius 3 is 2.63 bits per heavy atom. The number of nitrogens with zero attached hydrogens (tertiary/aromatic N) is 4. The second kappa shape index (κ2) is 9.82. The molecule has 3 aromatic rings. The van der Waals surface area contributed by atoms with Crippen LogP contribution in [0, 0.1) is 0 Å². The van der Waals surface area contributed by atoms with E-state index in [2.05, 4.69) is 34.3 Å². The quantitative estimate of drug-likeness (QED) is 0.307. The smallest absolute Gasteiger partial charge is 0.237 e. The van der Waals surface area contributed by atoms with E-state index in [4.69, 9.17) is 22.2 Å². The molecule has 0 saturated heterocycles. The zero-order chi connectivity index (χ0) is 21.7. The van der Waals surface area contributed by atoms with Crippen molar-refractivity contribution in [2.24, 2.45) is 0 Å². The van der Waals surface area contributed by atoms with E-state index in [1.54, 1.807) is 25.3 Å². The summed E-state index contributed by atoms with van der Waals surface area (Å²) in [5.74, 6) is 7.47. The SMILES string of the molecule is CC(Sc1nnc(COc2ccc(C(C)C)cc2)n1N)C(=O)Nc1cccnc1Cl. The molecule has 0 saturated carbocycles. The predicted molar refractivity (Wildman–Crippen MR) is 118 cm³/mol. The zero-order valence-electron chi connectivity index (χ0n) is 16.9. The number of rotatable bonds is 8. The van der Waals surface area contributed by atoms with Crippen molar-refractivity contribution in [3.05, 3.63) is 59.1 Å². The van der Waals surface area contributed by atoms with Crippen molar-refractivity contribution in [3.8, 4) is 5.75 Å². The van der Waals surface area contributed by atoms with Gasteiger partial charge in [0, 0.05) is 6.20 Å². The number of benzene rings is 1. The average molecular weight is 447 g/mol. The van der Waals surface area contributed by atoms with Gasteiger partial charge in [0.2, 0.25) is 11.1 Å². The molecule has 2 heterocycles. The maximum atomic E-state index is 12.4. The lowest BCUT2D eigenvalue weighted by atomic mass is 10.0. The van der Waals surface area contributed by atoms with Gasteiger partial charge in [-0.05, 0) is 42.7 Å². The van der Waals surface area contributed by atoms with Crippen LogP contribution in [0.15, 0.2) is 47.8 Å². The van der Waals surface area contributed by atoms with Crippen LogP contribution in [0.1, 0.15) is 38.1 Å². The number of anilines is 1. The van der Waals surface area contributed by atoms with Crippen molar-refractivity contribution in [1.29, 1.82) is 0 Å². The number of carbonyl (C=O) groups excluding carboxylic acids is 1. The molecule has 1 amide bonds. The molecule has 0 aliphatic heterocycles. The van der Waals surface area contributed by atoms with Gasteiger partial charge in [0.15, 0.2) is 11.0 Å². The van der Waals surface area contributed by atoms with Crippen molar-refractivity contribution >= 4 is 35.0 Å². The van der Waals surface area contributed by atoms with Crippen LogP contribution in [0.2, 0.25) is 5.15 Å². The van der Waals surface area contributed by atoms with Gasteiger partial charge >= 0.3 is 0 Å². The van der Waals surface area contributed by atoms with Crippen molar-refractivity contribution in [2.45, 2.75) is 43.7 Å². The molecule has 0 radical (unpaired) electrons. The molecule has 30 heavy (non-hydrogen) atoms. The van der Waals surface area contributed by atoms with Gasteiger partial charge in [0.05, 0.1) is 10.9 Å². The fourth-order valence-corrected chi connectivity index (χ4v) is 3.46. The topological polar surface area (TPSA) is 108 Å². The van der Waals surface area contributed by atoms with Crippen LogP contribution >= 0.6 is 23.4 Å². The molecule has 0 spiro atoms. The summed E-state index contributed by atoms with van der Waals surface area (Å²) in [7, 11) is 0. The molecule has 158 valence electrons. The van der Waals surface area contributed by atoms with E-state index < -0.39 is 5.25 Å². The highest BCUT2D eigenvalue weighted by molar-refractivity contribution is 8.00. The van der Waals surface area contributed by atoms with Crippen molar-refractivity contribution in [3.63, 3.8) is 0 Å². The van der Waals surface area contributed by atoms with Gasteiger partial charge in [-0.1, -0.05) is 49.3 Å². The Bertz CT molecular complexity index is 1010. The number of hydrogen-bond acceptors (Lipinski definition) is 7. The van der Waals surface area contributed by atoms with Gasteiger partial charge in [-0.25, -0.2) is 9.66 Å². The van der Waals surface area contributed by atoms with Gasteiger partial charge in [-0.2, -0.15) is 0 Å². The van der Waals surface area contributed by atoms with Crippen LogP contribution < -0.4 is 15.9 Å². The summed E-state index contributed by atoms with van der Waals surface area (Å²) in [6, 6.07) is 11.3. The minimum atomic E-state index is -0.481. The first-order valence-corrected chi connectivity index (χ1v) is 10.6. The number of nitrogens with one attached hydrogen (secondary N) is 1. The van der Waals surface area contributed by atoms with Crippen LogP contribution in [0.5, 0.6) is 5.75 Å². The number of pyridine rings is 1. The third-order valence-corrected chi connectivity index (χ3v) is 5.68. The number of amides is 1. The number of ether oxygens (including phenoxy) is 1. The molecule has 0 aliphatic rings. The van der Waals surface area contributed by atoms with E-state index in [-0.39, 0.29) is 17.7 Å². The van der Waals surface area contributed by atoms with E-state index in [0.29, 0.717) is 22.6 Å². The molecule has 0 aliphatic carbocycles. The number of thioether (sulfide) groups is 1.